The van der Waals surface area contributed by atoms with E-state index in [0.717, 1.165) is 38.6 Å². The highest BCUT2D eigenvalue weighted by atomic mass is 127. The summed E-state index contributed by atoms with van der Waals surface area (Å²) in [7, 11) is 1.60. The number of benzene rings is 2. The zero-order chi connectivity index (χ0) is 21.7. The third-order valence-electron chi connectivity index (χ3n) is 5.13. The van der Waals surface area contributed by atoms with Crippen LogP contribution in [0.4, 0.5) is 0 Å². The van der Waals surface area contributed by atoms with Crippen LogP contribution in [0.15, 0.2) is 42.5 Å². The van der Waals surface area contributed by atoms with E-state index in [0.29, 0.717) is 24.4 Å². The van der Waals surface area contributed by atoms with Gasteiger partial charge in [-0.1, -0.05) is 0 Å². The number of carbonyl (C=O) groups excluding carboxylic acids is 2. The molecule has 3 N–H and O–H groups in total. The fraction of sp³-hybridized carbons (Fsp3) is 0.304. The van der Waals surface area contributed by atoms with Crippen molar-refractivity contribution in [3.05, 3.63) is 62.9 Å². The van der Waals surface area contributed by atoms with Crippen LogP contribution in [0.3, 0.4) is 0 Å². The Morgan fingerprint density at radius 1 is 1.13 bits per heavy atom. The van der Waals surface area contributed by atoms with E-state index in [1.807, 2.05) is 49.4 Å². The van der Waals surface area contributed by atoms with Crippen LogP contribution in [-0.2, 0) is 11.2 Å². The maximum Gasteiger partial charge on any atom is 0.262 e. The first kappa shape index (κ1) is 22.3. The molecule has 0 fully saturated rings. The van der Waals surface area contributed by atoms with Gasteiger partial charge in [-0.25, -0.2) is 0 Å². The summed E-state index contributed by atoms with van der Waals surface area (Å²) in [5.74, 6) is 0.498. The largest absolute Gasteiger partial charge is 0.497 e. The highest BCUT2D eigenvalue weighted by Crippen LogP contribution is 2.30. The molecule has 158 valence electrons. The molecule has 0 saturated carbocycles. The van der Waals surface area contributed by atoms with Gasteiger partial charge >= 0.3 is 0 Å². The first-order chi connectivity index (χ1) is 14.5. The van der Waals surface area contributed by atoms with Gasteiger partial charge in [-0.2, -0.15) is 0 Å². The summed E-state index contributed by atoms with van der Waals surface area (Å²) in [5, 5.41) is 3.79. The molecule has 0 spiro atoms. The summed E-state index contributed by atoms with van der Waals surface area (Å²) < 4.78 is 8.13. The minimum absolute atomic E-state index is 0.0706. The number of methoxy groups -OCH3 is 1. The Balaban J connectivity index is 1.99. The molecule has 1 heterocycles. The summed E-state index contributed by atoms with van der Waals surface area (Å²) in [5.41, 5.74) is 8.47. The van der Waals surface area contributed by atoms with Crippen molar-refractivity contribution in [2.75, 3.05) is 20.2 Å². The van der Waals surface area contributed by atoms with E-state index in [2.05, 4.69) is 27.9 Å². The molecular formula is C23H26IN3O3. The molecule has 0 radical (unpaired) electrons. The maximum absolute atomic E-state index is 13.3. The molecule has 0 bridgehead atoms. The minimum Gasteiger partial charge on any atom is -0.497 e. The molecular weight excluding hydrogens is 493 g/mol. The quantitative estimate of drug-likeness (QED) is 0.352. The summed E-state index contributed by atoms with van der Waals surface area (Å²) in [6.45, 7) is 3.09. The van der Waals surface area contributed by atoms with Crippen molar-refractivity contribution in [1.29, 1.82) is 0 Å². The zero-order valence-electron chi connectivity index (χ0n) is 17.2. The predicted octanol–water partition coefficient (Wildman–Crippen LogP) is 3.65. The molecule has 7 heteroatoms. The standard InChI is InChI=1S/C23H26IN3O3/c1-15-19(14-22(28)26-12-4-3-11-25)20-13-18(30-2)9-10-21(20)27(15)23(29)16-5-7-17(24)8-6-16/h5-10,13H,3-4,11-12,14,25H2,1-2H3,(H,26,28). The van der Waals surface area contributed by atoms with Crippen molar-refractivity contribution in [3.63, 3.8) is 0 Å². The summed E-state index contributed by atoms with van der Waals surface area (Å²) in [6.07, 6.45) is 1.92. The van der Waals surface area contributed by atoms with Gasteiger partial charge < -0.3 is 15.8 Å². The first-order valence-electron chi connectivity index (χ1n) is 9.91. The van der Waals surface area contributed by atoms with E-state index in [9.17, 15) is 9.59 Å². The van der Waals surface area contributed by atoms with E-state index in [1.165, 1.54) is 0 Å². The summed E-state index contributed by atoms with van der Waals surface area (Å²) >= 11 is 2.21. The molecule has 0 atom stereocenters. The molecule has 3 aromatic rings. The summed E-state index contributed by atoms with van der Waals surface area (Å²) in [6, 6.07) is 13.0. The van der Waals surface area contributed by atoms with Gasteiger partial charge in [0, 0.05) is 26.8 Å². The van der Waals surface area contributed by atoms with Crippen LogP contribution in [0, 0.1) is 10.5 Å². The van der Waals surface area contributed by atoms with E-state index in [4.69, 9.17) is 10.5 Å². The third kappa shape index (κ3) is 4.84. The molecule has 2 aromatic carbocycles. The molecule has 3 rings (SSSR count). The number of hydrogen-bond donors (Lipinski definition) is 2. The van der Waals surface area contributed by atoms with Crippen molar-refractivity contribution < 1.29 is 14.3 Å². The monoisotopic (exact) mass is 519 g/mol. The Labute approximate surface area is 189 Å². The highest BCUT2D eigenvalue weighted by Gasteiger charge is 2.22. The van der Waals surface area contributed by atoms with Gasteiger partial charge in [-0.15, -0.1) is 0 Å². The van der Waals surface area contributed by atoms with Gasteiger partial charge in [0.2, 0.25) is 5.91 Å². The number of nitrogens with two attached hydrogens (primary N) is 1. The molecule has 0 aliphatic heterocycles. The number of ether oxygens (including phenoxy) is 1. The van der Waals surface area contributed by atoms with Crippen LogP contribution in [0.2, 0.25) is 0 Å². The Kier molecular flexibility index (Phi) is 7.49. The van der Waals surface area contributed by atoms with Crippen LogP contribution in [0.1, 0.15) is 34.5 Å². The molecule has 6 nitrogen and oxygen atoms in total. The Morgan fingerprint density at radius 2 is 1.87 bits per heavy atom. The van der Waals surface area contributed by atoms with Crippen molar-refractivity contribution in [1.82, 2.24) is 9.88 Å². The SMILES string of the molecule is COc1ccc2c(c1)c(CC(=O)NCCCCN)c(C)n2C(=O)c1ccc(I)cc1. The Bertz CT molecular complexity index is 1060. The van der Waals surface area contributed by atoms with Crippen molar-refractivity contribution >= 4 is 45.3 Å². The van der Waals surface area contributed by atoms with E-state index >= 15 is 0 Å². The Morgan fingerprint density at radius 3 is 2.53 bits per heavy atom. The lowest BCUT2D eigenvalue weighted by atomic mass is 10.1. The minimum atomic E-state index is -0.117. The van der Waals surface area contributed by atoms with Crippen molar-refractivity contribution in [2.45, 2.75) is 26.2 Å². The second kappa shape index (κ2) is 10.1. The topological polar surface area (TPSA) is 86.3 Å². The number of unbranched alkanes of at least 4 members (excludes halogenated alkanes) is 1. The predicted molar refractivity (Wildman–Crippen MR) is 127 cm³/mol. The van der Waals surface area contributed by atoms with E-state index in [-0.39, 0.29) is 18.2 Å². The van der Waals surface area contributed by atoms with Crippen LogP contribution in [0.25, 0.3) is 10.9 Å². The van der Waals surface area contributed by atoms with Crippen molar-refractivity contribution in [2.24, 2.45) is 5.73 Å². The van der Waals surface area contributed by atoms with Gasteiger partial charge in [0.1, 0.15) is 5.75 Å². The lowest BCUT2D eigenvalue weighted by Crippen LogP contribution is -2.26. The van der Waals surface area contributed by atoms with Gasteiger partial charge in [0.15, 0.2) is 0 Å². The lowest BCUT2D eigenvalue weighted by Gasteiger charge is -2.08. The number of aromatic nitrogens is 1. The number of nitrogens with zero attached hydrogens (tertiary/aromatic N) is 1. The number of amides is 1. The number of carbonyl (C=O) groups is 2. The van der Waals surface area contributed by atoms with Crippen LogP contribution in [0.5, 0.6) is 5.75 Å². The molecule has 1 amide bonds. The van der Waals surface area contributed by atoms with Crippen molar-refractivity contribution in [3.8, 4) is 5.75 Å². The fourth-order valence-corrected chi connectivity index (χ4v) is 3.88. The second-order valence-electron chi connectivity index (χ2n) is 7.12. The summed E-state index contributed by atoms with van der Waals surface area (Å²) in [4.78, 5) is 25.9. The van der Waals surface area contributed by atoms with Crippen LogP contribution in [-0.4, -0.2) is 36.6 Å². The molecule has 0 aliphatic carbocycles. The first-order valence-corrected chi connectivity index (χ1v) is 11.0. The number of hydrogen-bond acceptors (Lipinski definition) is 4. The fourth-order valence-electron chi connectivity index (χ4n) is 3.52. The molecule has 0 saturated heterocycles. The highest BCUT2D eigenvalue weighted by molar-refractivity contribution is 14.1. The third-order valence-corrected chi connectivity index (χ3v) is 5.85. The zero-order valence-corrected chi connectivity index (χ0v) is 19.4. The normalized spacial score (nSPS) is 10.9. The smallest absolute Gasteiger partial charge is 0.262 e. The molecule has 1 aromatic heterocycles. The molecule has 30 heavy (non-hydrogen) atoms. The number of rotatable bonds is 8. The van der Waals surface area contributed by atoms with Gasteiger partial charge in [0.25, 0.3) is 5.91 Å². The second-order valence-corrected chi connectivity index (χ2v) is 8.36. The van der Waals surface area contributed by atoms with Gasteiger partial charge in [-0.05, 0) is 96.9 Å². The van der Waals surface area contributed by atoms with E-state index < -0.39 is 0 Å². The lowest BCUT2D eigenvalue weighted by molar-refractivity contribution is -0.120. The van der Waals surface area contributed by atoms with Crippen LogP contribution < -0.4 is 15.8 Å². The molecule has 0 aliphatic rings. The average Bonchev–Trinajstić information content (AvgIpc) is 3.02. The van der Waals surface area contributed by atoms with Gasteiger partial charge in [0.05, 0.1) is 19.0 Å². The van der Waals surface area contributed by atoms with Gasteiger partial charge in [-0.3, -0.25) is 14.2 Å². The number of halogens is 1. The Hall–Kier alpha value is -2.39. The number of nitrogens with one attached hydrogen (secondary N) is 1. The maximum atomic E-state index is 13.3. The van der Waals surface area contributed by atoms with E-state index in [1.54, 1.807) is 11.7 Å². The number of fused-ring (bicyclic) bond motifs is 1. The average molecular weight is 519 g/mol. The molecule has 0 unspecified atom stereocenters. The van der Waals surface area contributed by atoms with Crippen LogP contribution >= 0.6 is 22.6 Å².